The van der Waals surface area contributed by atoms with E-state index < -0.39 is 40.9 Å². The Balaban J connectivity index is 1.23. The van der Waals surface area contributed by atoms with E-state index in [0.717, 1.165) is 41.7 Å². The highest BCUT2D eigenvalue weighted by Crippen LogP contribution is 2.37. The molecule has 0 aromatic heterocycles. The van der Waals surface area contributed by atoms with Crippen molar-refractivity contribution in [3.8, 4) is 5.75 Å². The summed E-state index contributed by atoms with van der Waals surface area (Å²) in [4.78, 5) is 30.2. The molecule has 3 aliphatic rings. The van der Waals surface area contributed by atoms with E-state index in [1.807, 2.05) is 24.3 Å². The predicted octanol–water partition coefficient (Wildman–Crippen LogP) is 5.93. The molecule has 2 atom stereocenters. The van der Waals surface area contributed by atoms with Crippen LogP contribution in [0.4, 0.5) is 22.0 Å². The van der Waals surface area contributed by atoms with Crippen molar-refractivity contribution in [2.75, 3.05) is 19.7 Å². The molecule has 2 heterocycles. The molecule has 6 nitrogen and oxygen atoms in total. The second kappa shape index (κ2) is 13.2. The fourth-order valence-corrected chi connectivity index (χ4v) is 6.39. The monoisotopic (exact) mass is 639 g/mol. The summed E-state index contributed by atoms with van der Waals surface area (Å²) in [5, 5.41) is 3.53. The first-order valence-electron chi connectivity index (χ1n) is 15.4. The van der Waals surface area contributed by atoms with Gasteiger partial charge >= 0.3 is 0 Å². The Morgan fingerprint density at radius 1 is 0.913 bits per heavy atom. The van der Waals surface area contributed by atoms with Gasteiger partial charge in [-0.2, -0.15) is 4.39 Å². The minimum absolute atomic E-state index is 0.0171. The van der Waals surface area contributed by atoms with Crippen LogP contribution in [0.3, 0.4) is 0 Å². The molecule has 0 spiro atoms. The summed E-state index contributed by atoms with van der Waals surface area (Å²) >= 11 is 0. The average molecular weight is 640 g/mol. The number of ether oxygens (including phenoxy) is 1. The maximum Gasteiger partial charge on any atom is 0.252 e. The molecule has 2 bridgehead atoms. The number of hydrogen-bond donors (Lipinski definition) is 1. The van der Waals surface area contributed by atoms with Crippen molar-refractivity contribution in [1.29, 1.82) is 0 Å². The molecule has 2 fully saturated rings. The van der Waals surface area contributed by atoms with E-state index >= 15 is 0 Å². The lowest BCUT2D eigenvalue weighted by atomic mass is 9.82. The summed E-state index contributed by atoms with van der Waals surface area (Å²) in [5.41, 5.74) is 3.57. The predicted molar refractivity (Wildman–Crippen MR) is 161 cm³/mol. The maximum atomic E-state index is 14.4. The van der Waals surface area contributed by atoms with Gasteiger partial charge in [0.15, 0.2) is 17.4 Å². The highest BCUT2D eigenvalue weighted by molar-refractivity contribution is 6.03. The molecule has 2 aliphatic heterocycles. The molecule has 6 rings (SSSR count). The van der Waals surface area contributed by atoms with Gasteiger partial charge in [-0.3, -0.25) is 9.59 Å². The van der Waals surface area contributed by atoms with Crippen LogP contribution in [0.1, 0.15) is 49.3 Å². The number of fused-ring (bicyclic) bond motifs is 2. The molecule has 46 heavy (non-hydrogen) atoms. The standard InChI is InChI=1S/C35H34F5N3O3/c1-20(44)42-18-26-16-28(23-6-4-21(5-7-23)3-2-12-46-34-30(39)11-10-29(38)33(34)40)32(31(19-42)41-26)35(45)43(27-8-9-27)17-22-13-24(36)15-25(37)14-22/h4-7,10-11,13-15,26-27,31,41H,2-3,8-9,12,16-19H2,1H3/t26-,31-/m1/s1. The van der Waals surface area contributed by atoms with Crippen LogP contribution in [0.25, 0.3) is 5.57 Å². The summed E-state index contributed by atoms with van der Waals surface area (Å²) < 4.78 is 74.4. The summed E-state index contributed by atoms with van der Waals surface area (Å²) in [6.07, 6.45) is 3.05. The van der Waals surface area contributed by atoms with Crippen molar-refractivity contribution in [2.24, 2.45) is 0 Å². The van der Waals surface area contributed by atoms with Crippen molar-refractivity contribution in [3.63, 3.8) is 0 Å². The van der Waals surface area contributed by atoms with E-state index in [4.69, 9.17) is 4.74 Å². The SMILES string of the molecule is CC(=O)N1C[C@H]2CC(c3ccc(CCCOc4c(F)ccc(F)c4F)cc3)=C(C(=O)N(Cc3cc(F)cc(F)c3)C3CC3)[C@@H](C1)N2. The third kappa shape index (κ3) is 6.94. The molecular formula is C35H34F5N3O3. The van der Waals surface area contributed by atoms with E-state index in [2.05, 4.69) is 5.32 Å². The fraction of sp³-hybridized carbons (Fsp3) is 0.371. The Bertz CT molecular complexity index is 1650. The van der Waals surface area contributed by atoms with E-state index in [1.54, 1.807) is 9.80 Å². The van der Waals surface area contributed by atoms with Gasteiger partial charge in [-0.25, -0.2) is 17.6 Å². The minimum atomic E-state index is -1.36. The zero-order chi connectivity index (χ0) is 32.5. The quantitative estimate of drug-likeness (QED) is 0.170. The van der Waals surface area contributed by atoms with Crippen LogP contribution in [0.2, 0.25) is 0 Å². The van der Waals surface area contributed by atoms with Gasteiger partial charge in [-0.15, -0.1) is 0 Å². The number of rotatable bonds is 10. The number of carbonyl (C=O) groups is 2. The summed E-state index contributed by atoms with van der Waals surface area (Å²) in [5.74, 6) is -5.94. The number of carbonyl (C=O) groups excluding carboxylic acids is 2. The van der Waals surface area contributed by atoms with Gasteiger partial charge in [0.1, 0.15) is 11.6 Å². The lowest BCUT2D eigenvalue weighted by Gasteiger charge is -2.44. The Morgan fingerprint density at radius 2 is 1.61 bits per heavy atom. The van der Waals surface area contributed by atoms with Crippen molar-refractivity contribution in [3.05, 3.63) is 106 Å². The molecule has 1 saturated carbocycles. The largest absolute Gasteiger partial charge is 0.488 e. The minimum Gasteiger partial charge on any atom is -0.488 e. The number of nitrogens with zero attached hydrogens (tertiary/aromatic N) is 2. The number of aryl methyl sites for hydroxylation is 1. The van der Waals surface area contributed by atoms with Crippen molar-refractivity contribution >= 4 is 17.4 Å². The molecule has 3 aromatic carbocycles. The Labute approximate surface area is 263 Å². The molecule has 1 saturated heterocycles. The molecular weight excluding hydrogens is 605 g/mol. The number of piperazine rings is 1. The first-order valence-corrected chi connectivity index (χ1v) is 15.4. The van der Waals surface area contributed by atoms with Crippen molar-refractivity contribution in [2.45, 2.75) is 63.7 Å². The number of benzene rings is 3. The van der Waals surface area contributed by atoms with Crippen molar-refractivity contribution < 1.29 is 36.3 Å². The Kier molecular flexibility index (Phi) is 9.13. The third-order valence-corrected chi connectivity index (χ3v) is 8.76. The lowest BCUT2D eigenvalue weighted by Crippen LogP contribution is -2.61. The molecule has 3 aromatic rings. The number of halogens is 5. The van der Waals surface area contributed by atoms with Crippen LogP contribution in [0.15, 0.2) is 60.2 Å². The van der Waals surface area contributed by atoms with E-state index in [9.17, 15) is 31.5 Å². The summed E-state index contributed by atoms with van der Waals surface area (Å²) in [7, 11) is 0. The Morgan fingerprint density at radius 3 is 2.28 bits per heavy atom. The van der Waals surface area contributed by atoms with Crippen molar-refractivity contribution in [1.82, 2.24) is 15.1 Å². The maximum absolute atomic E-state index is 14.4. The summed E-state index contributed by atoms with van der Waals surface area (Å²) in [6.45, 7) is 2.39. The smallest absolute Gasteiger partial charge is 0.252 e. The fourth-order valence-electron chi connectivity index (χ4n) is 6.39. The zero-order valence-electron chi connectivity index (χ0n) is 25.3. The molecule has 2 amide bonds. The topological polar surface area (TPSA) is 61.9 Å². The lowest BCUT2D eigenvalue weighted by molar-refractivity contribution is -0.132. The highest BCUT2D eigenvalue weighted by Gasteiger charge is 2.43. The number of amides is 2. The van der Waals surface area contributed by atoms with Gasteiger partial charge in [0, 0.05) is 50.3 Å². The van der Waals surface area contributed by atoms with Gasteiger partial charge in [-0.05, 0) is 78.6 Å². The van der Waals surface area contributed by atoms with Gasteiger partial charge in [0.05, 0.1) is 12.6 Å². The van der Waals surface area contributed by atoms with Gasteiger partial charge < -0.3 is 19.9 Å². The summed E-state index contributed by atoms with van der Waals surface area (Å²) in [6, 6.07) is 12.0. The van der Waals surface area contributed by atoms with Crippen LogP contribution >= 0.6 is 0 Å². The number of hydrogen-bond acceptors (Lipinski definition) is 4. The first kappa shape index (κ1) is 31.7. The zero-order valence-corrected chi connectivity index (χ0v) is 25.3. The molecule has 242 valence electrons. The van der Waals surface area contributed by atoms with Crippen LogP contribution in [0.5, 0.6) is 5.75 Å². The van der Waals surface area contributed by atoms with Crippen LogP contribution < -0.4 is 10.1 Å². The highest BCUT2D eigenvalue weighted by atomic mass is 19.2. The molecule has 0 unspecified atom stereocenters. The molecule has 1 N–H and O–H groups in total. The van der Waals surface area contributed by atoms with E-state index in [1.165, 1.54) is 19.1 Å². The van der Waals surface area contributed by atoms with Crippen LogP contribution in [0, 0.1) is 29.1 Å². The Hall–Kier alpha value is -4.25. The second-order valence-electron chi connectivity index (χ2n) is 12.2. The van der Waals surface area contributed by atoms with Crippen LogP contribution in [-0.2, 0) is 22.6 Å². The average Bonchev–Trinajstić information content (AvgIpc) is 3.86. The molecule has 1 aliphatic carbocycles. The van der Waals surface area contributed by atoms with Gasteiger partial charge in [0.25, 0.3) is 5.91 Å². The molecule has 0 radical (unpaired) electrons. The van der Waals surface area contributed by atoms with Gasteiger partial charge in [0.2, 0.25) is 11.7 Å². The van der Waals surface area contributed by atoms with Crippen LogP contribution in [-0.4, -0.2) is 59.4 Å². The first-order chi connectivity index (χ1) is 22.1. The van der Waals surface area contributed by atoms with Gasteiger partial charge in [-0.1, -0.05) is 24.3 Å². The second-order valence-corrected chi connectivity index (χ2v) is 12.2. The third-order valence-electron chi connectivity index (χ3n) is 8.76. The molecule has 11 heteroatoms. The van der Waals surface area contributed by atoms with E-state index in [-0.39, 0.29) is 37.0 Å². The van der Waals surface area contributed by atoms with E-state index in [0.29, 0.717) is 49.6 Å². The number of nitrogens with one attached hydrogen (secondary N) is 1. The normalized spacial score (nSPS) is 19.3.